The van der Waals surface area contributed by atoms with Crippen LogP contribution in [-0.2, 0) is 11.2 Å². The third kappa shape index (κ3) is 5.93. The molecule has 0 bridgehead atoms. The molecule has 1 unspecified atom stereocenters. The minimum absolute atomic E-state index is 0.470. The molecular formula is C27H30ClN5O2. The number of nitrogens with zero attached hydrogens (tertiary/aromatic N) is 4. The van der Waals surface area contributed by atoms with Gasteiger partial charge in [0.2, 0.25) is 0 Å². The Balaban J connectivity index is 1.64. The largest absolute Gasteiger partial charge is 0.383 e. The Kier molecular flexibility index (Phi) is 8.58. The zero-order valence-corrected chi connectivity index (χ0v) is 20.8. The van der Waals surface area contributed by atoms with Crippen LogP contribution in [-0.4, -0.2) is 44.8 Å². The van der Waals surface area contributed by atoms with Crippen LogP contribution in [0.1, 0.15) is 49.6 Å². The fraction of sp³-hybridized carbons (Fsp3) is 0.333. The maximum absolute atomic E-state index is 11.2. The van der Waals surface area contributed by atoms with Gasteiger partial charge >= 0.3 is 0 Å². The Morgan fingerprint density at radius 1 is 1.00 bits per heavy atom. The Labute approximate surface area is 210 Å². The first-order valence-corrected chi connectivity index (χ1v) is 12.3. The Hall–Kier alpha value is -3.13. The number of fused-ring (bicyclic) bond motifs is 1. The number of rotatable bonds is 11. The average Bonchev–Trinajstić information content (AvgIpc) is 2.88. The smallest absolute Gasteiger partial charge is 0.123 e. The van der Waals surface area contributed by atoms with Crippen LogP contribution < -0.4 is 5.32 Å². The van der Waals surface area contributed by atoms with Crippen molar-refractivity contribution in [1.82, 2.24) is 19.9 Å². The van der Waals surface area contributed by atoms with E-state index in [-0.39, 0.29) is 0 Å². The standard InChI is InChI=1S/C27H30ClN5O2/c1-3-5-19-15-29-16-32-26(19)27(34)22-13-18(6-9-23(22)28)25-21-8-7-20(14-24(21)31-17-33-25)30-10-12-35-11-4-2/h6-9,13-17,27,30,34H,3-5,10-12H2,1-2H3. The van der Waals surface area contributed by atoms with Crippen molar-refractivity contribution in [3.05, 3.63) is 77.1 Å². The molecule has 2 aromatic carbocycles. The van der Waals surface area contributed by atoms with Crippen molar-refractivity contribution >= 4 is 28.2 Å². The second kappa shape index (κ2) is 12.0. The molecule has 4 rings (SSSR count). The van der Waals surface area contributed by atoms with Crippen molar-refractivity contribution in [2.24, 2.45) is 0 Å². The van der Waals surface area contributed by atoms with E-state index >= 15 is 0 Å². The third-order valence-corrected chi connectivity index (χ3v) is 6.07. The van der Waals surface area contributed by atoms with Crippen LogP contribution in [0.5, 0.6) is 0 Å². The average molecular weight is 492 g/mol. The quantitative estimate of drug-likeness (QED) is 0.263. The summed E-state index contributed by atoms with van der Waals surface area (Å²) in [7, 11) is 0. The van der Waals surface area contributed by atoms with Gasteiger partial charge < -0.3 is 15.2 Å². The van der Waals surface area contributed by atoms with Gasteiger partial charge in [-0.3, -0.25) is 0 Å². The zero-order valence-electron chi connectivity index (χ0n) is 20.0. The maximum atomic E-state index is 11.2. The molecule has 0 saturated carbocycles. The Morgan fingerprint density at radius 3 is 2.71 bits per heavy atom. The molecule has 0 fully saturated rings. The van der Waals surface area contributed by atoms with Gasteiger partial charge in [0, 0.05) is 46.6 Å². The fourth-order valence-corrected chi connectivity index (χ4v) is 4.26. The molecule has 0 amide bonds. The summed E-state index contributed by atoms with van der Waals surface area (Å²) in [5.41, 5.74) is 5.49. The molecular weight excluding hydrogens is 462 g/mol. The number of aromatic nitrogens is 4. The lowest BCUT2D eigenvalue weighted by Gasteiger charge is -2.17. The molecule has 7 nitrogen and oxygen atoms in total. The molecule has 0 saturated heterocycles. The zero-order chi connectivity index (χ0) is 24.6. The Morgan fingerprint density at radius 2 is 1.89 bits per heavy atom. The summed E-state index contributed by atoms with van der Waals surface area (Å²) in [6.07, 6.45) is 6.52. The summed E-state index contributed by atoms with van der Waals surface area (Å²) < 4.78 is 5.53. The van der Waals surface area contributed by atoms with Crippen molar-refractivity contribution in [3.63, 3.8) is 0 Å². The summed E-state index contributed by atoms with van der Waals surface area (Å²) in [5, 5.41) is 16.0. The molecule has 0 radical (unpaired) electrons. The Bertz CT molecular complexity index is 1280. The van der Waals surface area contributed by atoms with E-state index < -0.39 is 6.10 Å². The van der Waals surface area contributed by atoms with Gasteiger partial charge in [0.1, 0.15) is 18.8 Å². The van der Waals surface area contributed by atoms with Crippen LogP contribution in [0.15, 0.2) is 55.2 Å². The van der Waals surface area contributed by atoms with E-state index in [1.165, 1.54) is 6.33 Å². The molecule has 2 heterocycles. The van der Waals surface area contributed by atoms with Gasteiger partial charge in [-0.1, -0.05) is 37.9 Å². The second-order valence-electron chi connectivity index (χ2n) is 8.32. The van der Waals surface area contributed by atoms with Crippen molar-refractivity contribution in [3.8, 4) is 11.3 Å². The molecule has 0 spiro atoms. The van der Waals surface area contributed by atoms with Gasteiger partial charge in [-0.25, -0.2) is 19.9 Å². The van der Waals surface area contributed by atoms with Crippen LogP contribution in [0.25, 0.3) is 22.2 Å². The predicted molar refractivity (Wildman–Crippen MR) is 140 cm³/mol. The molecule has 2 aromatic heterocycles. The summed E-state index contributed by atoms with van der Waals surface area (Å²) in [5.74, 6) is 0. The number of aliphatic hydroxyl groups excluding tert-OH is 1. The van der Waals surface area contributed by atoms with Crippen LogP contribution in [0.2, 0.25) is 5.02 Å². The lowest BCUT2D eigenvalue weighted by molar-refractivity contribution is 0.144. The van der Waals surface area contributed by atoms with Crippen molar-refractivity contribution in [1.29, 1.82) is 0 Å². The summed E-state index contributed by atoms with van der Waals surface area (Å²) in [6.45, 7) is 6.33. The summed E-state index contributed by atoms with van der Waals surface area (Å²) >= 11 is 6.52. The first kappa shape index (κ1) is 25.0. The fourth-order valence-electron chi connectivity index (χ4n) is 4.03. The van der Waals surface area contributed by atoms with E-state index in [1.807, 2.05) is 30.3 Å². The summed E-state index contributed by atoms with van der Waals surface area (Å²) in [4.78, 5) is 17.5. The molecule has 182 valence electrons. The lowest BCUT2D eigenvalue weighted by Crippen LogP contribution is -2.09. The maximum Gasteiger partial charge on any atom is 0.123 e. The number of hydrogen-bond donors (Lipinski definition) is 2. The van der Waals surface area contributed by atoms with Crippen LogP contribution in [0.3, 0.4) is 0 Å². The van der Waals surface area contributed by atoms with E-state index in [0.29, 0.717) is 22.9 Å². The molecule has 8 heteroatoms. The van der Waals surface area contributed by atoms with Gasteiger partial charge in [0.15, 0.2) is 0 Å². The highest BCUT2D eigenvalue weighted by Crippen LogP contribution is 2.34. The number of ether oxygens (including phenoxy) is 1. The molecule has 2 N–H and O–H groups in total. The van der Waals surface area contributed by atoms with Crippen molar-refractivity contribution in [2.45, 2.75) is 39.2 Å². The molecule has 0 aliphatic carbocycles. The van der Waals surface area contributed by atoms with Crippen LogP contribution in [0, 0.1) is 0 Å². The van der Waals surface area contributed by atoms with Crippen molar-refractivity contribution < 1.29 is 9.84 Å². The van der Waals surface area contributed by atoms with E-state index in [4.69, 9.17) is 16.3 Å². The highest BCUT2D eigenvalue weighted by molar-refractivity contribution is 6.31. The number of hydrogen-bond acceptors (Lipinski definition) is 7. The predicted octanol–water partition coefficient (Wildman–Crippen LogP) is 5.61. The monoisotopic (exact) mass is 491 g/mol. The first-order valence-electron chi connectivity index (χ1n) is 11.9. The minimum Gasteiger partial charge on any atom is -0.383 e. The van der Waals surface area contributed by atoms with Crippen LogP contribution >= 0.6 is 11.6 Å². The number of nitrogens with one attached hydrogen (secondary N) is 1. The van der Waals surface area contributed by atoms with E-state index in [0.717, 1.165) is 65.8 Å². The summed E-state index contributed by atoms with van der Waals surface area (Å²) in [6, 6.07) is 11.6. The number of aliphatic hydroxyl groups is 1. The van der Waals surface area contributed by atoms with Crippen LogP contribution in [0.4, 0.5) is 5.69 Å². The lowest BCUT2D eigenvalue weighted by atomic mass is 9.97. The number of benzene rings is 2. The number of aryl methyl sites for hydroxylation is 1. The third-order valence-electron chi connectivity index (χ3n) is 5.73. The molecule has 0 aliphatic heterocycles. The molecule has 35 heavy (non-hydrogen) atoms. The van der Waals surface area contributed by atoms with E-state index in [9.17, 15) is 5.11 Å². The molecule has 0 aliphatic rings. The number of anilines is 1. The van der Waals surface area contributed by atoms with Gasteiger partial charge in [0.25, 0.3) is 0 Å². The highest BCUT2D eigenvalue weighted by Gasteiger charge is 2.20. The van der Waals surface area contributed by atoms with Gasteiger partial charge in [0.05, 0.1) is 23.5 Å². The van der Waals surface area contributed by atoms with Gasteiger partial charge in [-0.05, 0) is 48.7 Å². The topological polar surface area (TPSA) is 93.0 Å². The molecule has 4 aromatic rings. The first-order chi connectivity index (χ1) is 17.1. The van der Waals surface area contributed by atoms with E-state index in [1.54, 1.807) is 18.6 Å². The van der Waals surface area contributed by atoms with Gasteiger partial charge in [-0.15, -0.1) is 0 Å². The highest BCUT2D eigenvalue weighted by atomic mass is 35.5. The normalized spacial score (nSPS) is 12.1. The number of halogens is 1. The van der Waals surface area contributed by atoms with E-state index in [2.05, 4.69) is 39.1 Å². The van der Waals surface area contributed by atoms with Crippen molar-refractivity contribution in [2.75, 3.05) is 25.1 Å². The second-order valence-corrected chi connectivity index (χ2v) is 8.72. The van der Waals surface area contributed by atoms with Gasteiger partial charge in [-0.2, -0.15) is 0 Å². The molecule has 1 atom stereocenters. The SMILES string of the molecule is CCCOCCNc1ccc2c(-c3ccc(Cl)c(C(O)c4ncncc4CCC)c3)ncnc2c1. The minimum atomic E-state index is -0.967.